The van der Waals surface area contributed by atoms with E-state index in [2.05, 4.69) is 19.2 Å². The van der Waals surface area contributed by atoms with E-state index in [1.165, 1.54) is 46.8 Å². The third-order valence-electron chi connectivity index (χ3n) is 4.67. The molecule has 0 saturated carbocycles. The van der Waals surface area contributed by atoms with Gasteiger partial charge in [0.15, 0.2) is 0 Å². The fourth-order valence-electron chi connectivity index (χ4n) is 3.50. The number of carbonyl (C=O) groups excluding carboxylic acids is 1. The summed E-state index contributed by atoms with van der Waals surface area (Å²) < 4.78 is 40.5. The van der Waals surface area contributed by atoms with Crippen molar-refractivity contribution in [2.24, 2.45) is 11.8 Å². The maximum atomic E-state index is 13.2. The van der Waals surface area contributed by atoms with E-state index in [1.54, 1.807) is 6.07 Å². The smallest absolute Gasteiger partial charge is 0.255 e. The number of benzene rings is 2. The highest BCUT2D eigenvalue weighted by Crippen LogP contribution is 2.26. The molecule has 2 aromatic rings. The number of anilines is 1. The summed E-state index contributed by atoms with van der Waals surface area (Å²) in [6.45, 7) is 5.12. The lowest BCUT2D eigenvalue weighted by atomic mass is 9.94. The molecule has 0 aliphatic carbocycles. The van der Waals surface area contributed by atoms with E-state index in [4.69, 9.17) is 0 Å². The number of hydrogen-bond donors (Lipinski definition) is 1. The standard InChI is InChI=1S/C20H23FN2O3S/c1-14-10-15(2)13-23(12-14)27(25,26)19-8-6-16(7-9-19)20(24)22-18-5-3-4-17(21)11-18/h3-9,11,14-15H,10,12-13H2,1-2H3,(H,22,24)/t14-,15+. The molecular weight excluding hydrogens is 367 g/mol. The van der Waals surface area contributed by atoms with Gasteiger partial charge in [0, 0.05) is 24.3 Å². The molecule has 7 heteroatoms. The zero-order chi connectivity index (χ0) is 19.6. The lowest BCUT2D eigenvalue weighted by molar-refractivity contribution is 0.102. The van der Waals surface area contributed by atoms with Crippen molar-refractivity contribution in [3.05, 3.63) is 59.9 Å². The number of carbonyl (C=O) groups is 1. The summed E-state index contributed by atoms with van der Waals surface area (Å²) in [7, 11) is -3.58. The van der Waals surface area contributed by atoms with Crippen LogP contribution in [0.15, 0.2) is 53.4 Å². The minimum Gasteiger partial charge on any atom is -0.322 e. The van der Waals surface area contributed by atoms with Crippen LogP contribution < -0.4 is 5.32 Å². The molecule has 0 aromatic heterocycles. The number of sulfonamides is 1. The maximum absolute atomic E-state index is 13.2. The number of nitrogens with one attached hydrogen (secondary N) is 1. The van der Waals surface area contributed by atoms with E-state index in [0.29, 0.717) is 36.2 Å². The maximum Gasteiger partial charge on any atom is 0.255 e. The molecule has 2 atom stereocenters. The molecule has 1 heterocycles. The molecule has 1 amide bonds. The molecule has 3 rings (SSSR count). The predicted octanol–water partition coefficient (Wildman–Crippen LogP) is 3.74. The van der Waals surface area contributed by atoms with Gasteiger partial charge in [0.05, 0.1) is 4.90 Å². The van der Waals surface area contributed by atoms with Gasteiger partial charge < -0.3 is 5.32 Å². The highest BCUT2D eigenvalue weighted by atomic mass is 32.2. The molecule has 2 aromatic carbocycles. The lowest BCUT2D eigenvalue weighted by Gasteiger charge is -2.34. The molecule has 0 spiro atoms. The van der Waals surface area contributed by atoms with Gasteiger partial charge in [-0.3, -0.25) is 4.79 Å². The monoisotopic (exact) mass is 390 g/mol. The van der Waals surface area contributed by atoms with Gasteiger partial charge in [-0.2, -0.15) is 4.31 Å². The van der Waals surface area contributed by atoms with Crippen molar-refractivity contribution in [1.29, 1.82) is 0 Å². The van der Waals surface area contributed by atoms with Crippen LogP contribution in [0.1, 0.15) is 30.6 Å². The van der Waals surface area contributed by atoms with Gasteiger partial charge in [-0.25, -0.2) is 12.8 Å². The minimum atomic E-state index is -3.58. The second kappa shape index (κ2) is 7.78. The van der Waals surface area contributed by atoms with E-state index in [0.717, 1.165) is 6.42 Å². The van der Waals surface area contributed by atoms with Crippen LogP contribution in [-0.4, -0.2) is 31.7 Å². The molecule has 1 aliphatic rings. The Morgan fingerprint density at radius 2 is 1.70 bits per heavy atom. The van der Waals surface area contributed by atoms with Crippen molar-refractivity contribution < 1.29 is 17.6 Å². The van der Waals surface area contributed by atoms with E-state index in [1.807, 2.05) is 0 Å². The molecule has 0 unspecified atom stereocenters. The Morgan fingerprint density at radius 1 is 1.07 bits per heavy atom. The Bertz CT molecular complexity index is 918. The van der Waals surface area contributed by atoms with Crippen molar-refractivity contribution >= 4 is 21.6 Å². The number of halogens is 1. The third kappa shape index (κ3) is 4.54. The number of nitrogens with zero attached hydrogens (tertiary/aromatic N) is 1. The topological polar surface area (TPSA) is 66.5 Å². The van der Waals surface area contributed by atoms with Crippen LogP contribution in [-0.2, 0) is 10.0 Å². The fraction of sp³-hybridized carbons (Fsp3) is 0.350. The molecule has 1 aliphatic heterocycles. The van der Waals surface area contributed by atoms with Crippen LogP contribution >= 0.6 is 0 Å². The van der Waals surface area contributed by atoms with Gasteiger partial charge in [0.1, 0.15) is 5.82 Å². The second-order valence-corrected chi connectivity index (χ2v) is 9.19. The highest BCUT2D eigenvalue weighted by molar-refractivity contribution is 7.89. The fourth-order valence-corrected chi connectivity index (χ4v) is 5.18. The zero-order valence-electron chi connectivity index (χ0n) is 15.4. The van der Waals surface area contributed by atoms with Crippen LogP contribution in [0.2, 0.25) is 0 Å². The lowest BCUT2D eigenvalue weighted by Crippen LogP contribution is -2.42. The number of piperidine rings is 1. The summed E-state index contributed by atoms with van der Waals surface area (Å²) in [6.07, 6.45) is 1.02. The Balaban J connectivity index is 1.75. The average Bonchev–Trinajstić information content (AvgIpc) is 2.61. The highest BCUT2D eigenvalue weighted by Gasteiger charge is 2.31. The van der Waals surface area contributed by atoms with Crippen molar-refractivity contribution in [3.63, 3.8) is 0 Å². The van der Waals surface area contributed by atoms with Crippen molar-refractivity contribution in [2.75, 3.05) is 18.4 Å². The van der Waals surface area contributed by atoms with Gasteiger partial charge >= 0.3 is 0 Å². The van der Waals surface area contributed by atoms with Crippen molar-refractivity contribution in [2.45, 2.75) is 25.2 Å². The first kappa shape index (κ1) is 19.5. The Labute approximate surface area is 159 Å². The largest absolute Gasteiger partial charge is 0.322 e. The summed E-state index contributed by atoms with van der Waals surface area (Å²) in [5.74, 6) is -0.233. The van der Waals surface area contributed by atoms with E-state index in [9.17, 15) is 17.6 Å². The Hall–Kier alpha value is -2.25. The molecule has 5 nitrogen and oxygen atoms in total. The molecule has 1 fully saturated rings. The molecule has 0 bridgehead atoms. The van der Waals surface area contributed by atoms with Gasteiger partial charge in [0.2, 0.25) is 10.0 Å². The predicted molar refractivity (Wildman–Crippen MR) is 102 cm³/mol. The summed E-state index contributed by atoms with van der Waals surface area (Å²) >= 11 is 0. The van der Waals surface area contributed by atoms with Gasteiger partial charge in [-0.05, 0) is 60.7 Å². The molecule has 144 valence electrons. The van der Waals surface area contributed by atoms with Crippen molar-refractivity contribution in [3.8, 4) is 0 Å². The van der Waals surface area contributed by atoms with Crippen LogP contribution in [0.3, 0.4) is 0 Å². The van der Waals surface area contributed by atoms with Gasteiger partial charge in [0.25, 0.3) is 5.91 Å². The van der Waals surface area contributed by atoms with Gasteiger partial charge in [-0.15, -0.1) is 0 Å². The zero-order valence-corrected chi connectivity index (χ0v) is 16.2. The van der Waals surface area contributed by atoms with Gasteiger partial charge in [-0.1, -0.05) is 19.9 Å². The van der Waals surface area contributed by atoms with Crippen LogP contribution in [0, 0.1) is 17.7 Å². The number of amides is 1. The quantitative estimate of drug-likeness (QED) is 0.865. The van der Waals surface area contributed by atoms with Crippen LogP contribution in [0.25, 0.3) is 0 Å². The second-order valence-electron chi connectivity index (χ2n) is 7.26. The van der Waals surface area contributed by atoms with Crippen molar-refractivity contribution in [1.82, 2.24) is 4.31 Å². The molecule has 1 N–H and O–H groups in total. The Kier molecular flexibility index (Phi) is 5.62. The first-order valence-electron chi connectivity index (χ1n) is 8.93. The molecule has 1 saturated heterocycles. The van der Waals surface area contributed by atoms with Crippen LogP contribution in [0.4, 0.5) is 10.1 Å². The van der Waals surface area contributed by atoms with E-state index < -0.39 is 21.7 Å². The third-order valence-corrected chi connectivity index (χ3v) is 6.52. The molecular formula is C20H23FN2O3S. The van der Waals surface area contributed by atoms with E-state index >= 15 is 0 Å². The average molecular weight is 390 g/mol. The summed E-state index contributed by atoms with van der Waals surface area (Å²) in [5.41, 5.74) is 0.645. The van der Waals surface area contributed by atoms with E-state index in [-0.39, 0.29) is 4.90 Å². The minimum absolute atomic E-state index is 0.172. The molecule has 27 heavy (non-hydrogen) atoms. The first-order chi connectivity index (χ1) is 12.8. The summed E-state index contributed by atoms with van der Waals surface area (Å²) in [5, 5.41) is 2.59. The van der Waals surface area contributed by atoms with Crippen LogP contribution in [0.5, 0.6) is 0 Å². The molecule has 0 radical (unpaired) electrons. The normalized spacial score (nSPS) is 21.0. The Morgan fingerprint density at radius 3 is 2.30 bits per heavy atom. The summed E-state index contributed by atoms with van der Waals surface area (Å²) in [4.78, 5) is 12.5. The number of rotatable bonds is 4. The SMILES string of the molecule is C[C@@H]1C[C@H](C)CN(S(=O)(=O)c2ccc(C(=O)Nc3cccc(F)c3)cc2)C1. The summed E-state index contributed by atoms with van der Waals surface area (Å²) in [6, 6.07) is 11.4. The first-order valence-corrected chi connectivity index (χ1v) is 10.4. The number of hydrogen-bond acceptors (Lipinski definition) is 3.